The molecule has 0 aliphatic rings. The Hall–Kier alpha value is -2.83. The van der Waals surface area contributed by atoms with Gasteiger partial charge in [0.05, 0.1) is 10.5 Å². The number of non-ortho nitro benzene ring substituents is 1. The highest BCUT2D eigenvalue weighted by molar-refractivity contribution is 5.97. The van der Waals surface area contributed by atoms with Gasteiger partial charge >= 0.3 is 0 Å². The molecule has 2 aromatic carbocycles. The highest BCUT2D eigenvalue weighted by Crippen LogP contribution is 2.31. The van der Waals surface area contributed by atoms with Crippen LogP contribution >= 0.6 is 0 Å². The minimum Gasteiger partial charge on any atom is -0.453 e. The van der Waals surface area contributed by atoms with Crippen molar-refractivity contribution < 1.29 is 23.2 Å². The number of Topliss-reactive ketones (excluding diaryl/α,β-unsaturated/α-hetero) is 1. The summed E-state index contributed by atoms with van der Waals surface area (Å²) in [4.78, 5) is 21.5. The van der Waals surface area contributed by atoms with Crippen molar-refractivity contribution in [2.75, 3.05) is 0 Å². The molecule has 5 nitrogen and oxygen atoms in total. The van der Waals surface area contributed by atoms with Crippen molar-refractivity contribution in [3.8, 4) is 11.5 Å². The molecule has 0 heterocycles. The second kappa shape index (κ2) is 5.66. The number of benzene rings is 2. The lowest BCUT2D eigenvalue weighted by molar-refractivity contribution is -0.384. The Morgan fingerprint density at radius 1 is 1.19 bits per heavy atom. The predicted octanol–water partition coefficient (Wildman–Crippen LogP) is 3.87. The van der Waals surface area contributed by atoms with E-state index >= 15 is 0 Å². The van der Waals surface area contributed by atoms with Gasteiger partial charge in [-0.3, -0.25) is 14.9 Å². The molecule has 0 aromatic heterocycles. The normalized spacial score (nSPS) is 10.2. The lowest BCUT2D eigenvalue weighted by atomic mass is 10.1. The summed E-state index contributed by atoms with van der Waals surface area (Å²) >= 11 is 0. The second-order valence-corrected chi connectivity index (χ2v) is 4.15. The van der Waals surface area contributed by atoms with Crippen LogP contribution in [0, 0.1) is 21.7 Å². The van der Waals surface area contributed by atoms with Gasteiger partial charge in [0, 0.05) is 12.1 Å². The SMILES string of the molecule is CC(=O)c1cc([N+](=O)[O-])ccc1Oc1cccc(F)c1F. The smallest absolute Gasteiger partial charge is 0.270 e. The van der Waals surface area contributed by atoms with Gasteiger partial charge in [-0.15, -0.1) is 0 Å². The zero-order chi connectivity index (χ0) is 15.6. The fraction of sp³-hybridized carbons (Fsp3) is 0.0714. The van der Waals surface area contributed by atoms with Crippen LogP contribution in [0.15, 0.2) is 36.4 Å². The standard InChI is InChI=1S/C14H9F2NO4/c1-8(18)10-7-9(17(19)20)5-6-12(10)21-13-4-2-3-11(15)14(13)16/h2-7H,1H3. The predicted molar refractivity (Wildman–Crippen MR) is 69.5 cm³/mol. The van der Waals surface area contributed by atoms with Crippen molar-refractivity contribution in [2.45, 2.75) is 6.92 Å². The van der Waals surface area contributed by atoms with Crippen LogP contribution < -0.4 is 4.74 Å². The Bertz CT molecular complexity index is 731. The summed E-state index contributed by atoms with van der Waals surface area (Å²) in [6.45, 7) is 1.19. The number of ether oxygens (including phenoxy) is 1. The molecule has 0 spiro atoms. The summed E-state index contributed by atoms with van der Waals surface area (Å²) in [6, 6.07) is 6.65. The molecule has 0 radical (unpaired) electrons. The average Bonchev–Trinajstić information content (AvgIpc) is 2.43. The lowest BCUT2D eigenvalue weighted by Gasteiger charge is -2.10. The first-order valence-electron chi connectivity index (χ1n) is 5.81. The van der Waals surface area contributed by atoms with Crippen LogP contribution in [0.4, 0.5) is 14.5 Å². The molecule has 0 atom stereocenters. The molecule has 2 aromatic rings. The van der Waals surface area contributed by atoms with Crippen molar-refractivity contribution in [1.82, 2.24) is 0 Å². The molecular weight excluding hydrogens is 284 g/mol. The maximum Gasteiger partial charge on any atom is 0.270 e. The molecule has 7 heteroatoms. The third kappa shape index (κ3) is 3.02. The number of carbonyl (C=O) groups excluding carboxylic acids is 1. The Morgan fingerprint density at radius 2 is 1.90 bits per heavy atom. The molecule has 21 heavy (non-hydrogen) atoms. The average molecular weight is 293 g/mol. The third-order valence-corrected chi connectivity index (χ3v) is 2.69. The number of nitro benzene ring substituents is 1. The number of carbonyl (C=O) groups is 1. The van der Waals surface area contributed by atoms with Gasteiger partial charge in [-0.25, -0.2) is 4.39 Å². The van der Waals surface area contributed by atoms with Gasteiger partial charge in [0.1, 0.15) is 5.75 Å². The summed E-state index contributed by atoms with van der Waals surface area (Å²) in [5.41, 5.74) is -0.389. The summed E-state index contributed by atoms with van der Waals surface area (Å²) in [5, 5.41) is 10.7. The molecule has 0 aliphatic carbocycles. The van der Waals surface area contributed by atoms with Crippen LogP contribution in [0.2, 0.25) is 0 Å². The molecule has 0 saturated carbocycles. The maximum absolute atomic E-state index is 13.5. The number of hydrogen-bond acceptors (Lipinski definition) is 4. The van der Waals surface area contributed by atoms with E-state index < -0.39 is 28.1 Å². The van der Waals surface area contributed by atoms with E-state index in [1.54, 1.807) is 0 Å². The van der Waals surface area contributed by atoms with Gasteiger partial charge in [-0.05, 0) is 25.1 Å². The first-order chi connectivity index (χ1) is 9.90. The van der Waals surface area contributed by atoms with Crippen molar-refractivity contribution >= 4 is 11.5 Å². The van der Waals surface area contributed by atoms with Crippen molar-refractivity contribution in [3.63, 3.8) is 0 Å². The second-order valence-electron chi connectivity index (χ2n) is 4.15. The van der Waals surface area contributed by atoms with E-state index in [2.05, 4.69) is 0 Å². The minimum atomic E-state index is -1.20. The van der Waals surface area contributed by atoms with E-state index in [0.717, 1.165) is 18.2 Å². The van der Waals surface area contributed by atoms with E-state index in [9.17, 15) is 23.7 Å². The van der Waals surface area contributed by atoms with Gasteiger partial charge in [-0.2, -0.15) is 4.39 Å². The highest BCUT2D eigenvalue weighted by Gasteiger charge is 2.17. The first-order valence-corrected chi connectivity index (χ1v) is 5.81. The first kappa shape index (κ1) is 14.6. The molecule has 0 N–H and O–H groups in total. The zero-order valence-electron chi connectivity index (χ0n) is 10.8. The monoisotopic (exact) mass is 293 g/mol. The Morgan fingerprint density at radius 3 is 2.52 bits per heavy atom. The zero-order valence-corrected chi connectivity index (χ0v) is 10.8. The topological polar surface area (TPSA) is 69.4 Å². The molecular formula is C14H9F2NO4. The van der Waals surface area contributed by atoms with E-state index in [-0.39, 0.29) is 17.0 Å². The van der Waals surface area contributed by atoms with E-state index in [1.807, 2.05) is 0 Å². The molecule has 0 bridgehead atoms. The van der Waals surface area contributed by atoms with E-state index in [4.69, 9.17) is 4.74 Å². The number of nitrogens with zero attached hydrogens (tertiary/aromatic N) is 1. The molecule has 0 unspecified atom stereocenters. The van der Waals surface area contributed by atoms with Crippen LogP contribution in [0.1, 0.15) is 17.3 Å². The van der Waals surface area contributed by atoms with Gasteiger partial charge in [-0.1, -0.05) is 6.07 Å². The molecule has 0 aliphatic heterocycles. The van der Waals surface area contributed by atoms with Crippen LogP contribution in [0.25, 0.3) is 0 Å². The van der Waals surface area contributed by atoms with Gasteiger partial charge in [0.2, 0.25) is 5.82 Å². The van der Waals surface area contributed by atoms with E-state index in [0.29, 0.717) is 0 Å². The number of nitro groups is 1. The van der Waals surface area contributed by atoms with Crippen LogP contribution in [-0.2, 0) is 0 Å². The number of rotatable bonds is 4. The highest BCUT2D eigenvalue weighted by atomic mass is 19.2. The molecule has 0 saturated heterocycles. The maximum atomic E-state index is 13.5. The molecule has 108 valence electrons. The van der Waals surface area contributed by atoms with Gasteiger partial charge in [0.15, 0.2) is 17.3 Å². The quantitative estimate of drug-likeness (QED) is 0.487. The fourth-order valence-electron chi connectivity index (χ4n) is 1.68. The summed E-state index contributed by atoms with van der Waals surface area (Å²) in [7, 11) is 0. The van der Waals surface area contributed by atoms with Crippen molar-refractivity contribution in [3.05, 3.63) is 63.7 Å². The Kier molecular flexibility index (Phi) is 3.93. The van der Waals surface area contributed by atoms with Gasteiger partial charge in [0.25, 0.3) is 5.69 Å². The summed E-state index contributed by atoms with van der Waals surface area (Å²) in [5.74, 6) is -3.29. The summed E-state index contributed by atoms with van der Waals surface area (Å²) < 4.78 is 31.8. The molecule has 0 fully saturated rings. The van der Waals surface area contributed by atoms with Crippen LogP contribution in [-0.4, -0.2) is 10.7 Å². The number of hydrogen-bond donors (Lipinski definition) is 0. The largest absolute Gasteiger partial charge is 0.453 e. The van der Waals surface area contributed by atoms with E-state index in [1.165, 1.54) is 25.1 Å². The van der Waals surface area contributed by atoms with Crippen molar-refractivity contribution in [1.29, 1.82) is 0 Å². The summed E-state index contributed by atoms with van der Waals surface area (Å²) in [6.07, 6.45) is 0. The minimum absolute atomic E-state index is 0.0856. The number of ketones is 1. The molecule has 2 rings (SSSR count). The van der Waals surface area contributed by atoms with Crippen molar-refractivity contribution in [2.24, 2.45) is 0 Å². The lowest BCUT2D eigenvalue weighted by Crippen LogP contribution is -2.00. The number of halogens is 2. The van der Waals surface area contributed by atoms with Crippen LogP contribution in [0.3, 0.4) is 0 Å². The Labute approximate surface area is 117 Å². The molecule has 0 amide bonds. The third-order valence-electron chi connectivity index (χ3n) is 2.69. The van der Waals surface area contributed by atoms with Crippen LogP contribution in [0.5, 0.6) is 11.5 Å². The Balaban J connectivity index is 2.46. The fourth-order valence-corrected chi connectivity index (χ4v) is 1.68. The van der Waals surface area contributed by atoms with Gasteiger partial charge < -0.3 is 4.74 Å².